The largest absolute Gasteiger partial charge is 0.423 e. The monoisotopic (exact) mass is 495 g/mol. The molecule has 2 aromatic carbocycles. The number of benzene rings is 2. The van der Waals surface area contributed by atoms with Gasteiger partial charge >= 0.3 is 11.8 Å². The van der Waals surface area contributed by atoms with Gasteiger partial charge in [0.25, 0.3) is 0 Å². The van der Waals surface area contributed by atoms with Crippen LogP contribution in [0.2, 0.25) is 0 Å². The Labute approximate surface area is 194 Å². The van der Waals surface area contributed by atoms with E-state index < -0.39 is 29.6 Å². The Kier molecular flexibility index (Phi) is 6.43. The highest BCUT2D eigenvalue weighted by molar-refractivity contribution is 8.40. The molecule has 1 aliphatic heterocycles. The number of hydrogen-bond acceptors (Lipinski definition) is 6. The highest BCUT2D eigenvalue weighted by atomic mass is 32.2. The minimum absolute atomic E-state index is 0.0143. The van der Waals surface area contributed by atoms with Crippen LogP contribution in [0.3, 0.4) is 0 Å². The molecule has 0 saturated carbocycles. The van der Waals surface area contributed by atoms with Gasteiger partial charge in [-0.05, 0) is 54.0 Å². The van der Waals surface area contributed by atoms with E-state index in [1.54, 1.807) is 30.3 Å². The molecule has 172 valence electrons. The van der Waals surface area contributed by atoms with Gasteiger partial charge in [0.05, 0.1) is 6.54 Å². The van der Waals surface area contributed by atoms with Gasteiger partial charge < -0.3 is 9.52 Å². The first-order valence-corrected chi connectivity index (χ1v) is 11.5. The Morgan fingerprint density at radius 1 is 1.15 bits per heavy atom. The lowest BCUT2D eigenvalue weighted by Gasteiger charge is -2.32. The molecule has 0 fully saturated rings. The lowest BCUT2D eigenvalue weighted by atomic mass is 9.99. The van der Waals surface area contributed by atoms with Crippen LogP contribution < -0.4 is 5.63 Å². The molecule has 0 saturated heterocycles. The fourth-order valence-electron chi connectivity index (χ4n) is 3.37. The van der Waals surface area contributed by atoms with Gasteiger partial charge in [0.1, 0.15) is 15.8 Å². The van der Waals surface area contributed by atoms with Crippen LogP contribution in [0.25, 0.3) is 22.1 Å². The van der Waals surface area contributed by atoms with Crippen LogP contribution in [0, 0.1) is 5.82 Å². The summed E-state index contributed by atoms with van der Waals surface area (Å²) in [6, 6.07) is 12.1. The predicted octanol–water partition coefficient (Wildman–Crippen LogP) is 6.38. The molecule has 2 heterocycles. The molecular weight excluding hydrogens is 478 g/mol. The van der Waals surface area contributed by atoms with Gasteiger partial charge in [0.2, 0.25) is 0 Å². The van der Waals surface area contributed by atoms with Crippen LogP contribution in [0.4, 0.5) is 17.6 Å². The summed E-state index contributed by atoms with van der Waals surface area (Å²) in [4.78, 5) is 16.7. The second-order valence-corrected chi connectivity index (χ2v) is 9.59. The summed E-state index contributed by atoms with van der Waals surface area (Å²) in [6.45, 7) is 1.29. The lowest BCUT2D eigenvalue weighted by Crippen LogP contribution is -2.46. The maximum Gasteiger partial charge on any atom is 0.421 e. The number of aliphatic imine (C=N–C) groups is 1. The molecule has 1 unspecified atom stereocenters. The first-order chi connectivity index (χ1) is 15.6. The summed E-state index contributed by atoms with van der Waals surface area (Å²) in [5.41, 5.74) is -2.02. The average molecular weight is 496 g/mol. The molecule has 1 atom stereocenters. The van der Waals surface area contributed by atoms with Crippen LogP contribution in [0.15, 0.2) is 78.6 Å². The first kappa shape index (κ1) is 23.6. The van der Waals surface area contributed by atoms with E-state index in [1.165, 1.54) is 31.2 Å². The van der Waals surface area contributed by atoms with Crippen LogP contribution in [0.5, 0.6) is 0 Å². The Balaban J connectivity index is 1.62. The van der Waals surface area contributed by atoms with Crippen molar-refractivity contribution < 1.29 is 27.1 Å². The number of aliphatic hydroxyl groups is 1. The molecule has 10 heteroatoms. The van der Waals surface area contributed by atoms with Crippen molar-refractivity contribution in [2.75, 3.05) is 6.54 Å². The van der Waals surface area contributed by atoms with Crippen molar-refractivity contribution >= 4 is 38.9 Å². The topological polar surface area (TPSA) is 62.8 Å². The van der Waals surface area contributed by atoms with Gasteiger partial charge in [-0.25, -0.2) is 9.18 Å². The van der Waals surface area contributed by atoms with E-state index in [0.717, 1.165) is 23.5 Å². The number of rotatable bonds is 4. The lowest BCUT2D eigenvalue weighted by molar-refractivity contribution is -0.241. The second-order valence-electron chi connectivity index (χ2n) is 7.23. The number of hydrogen-bond donors (Lipinski definition) is 1. The van der Waals surface area contributed by atoms with Crippen molar-refractivity contribution in [3.05, 3.63) is 75.7 Å². The molecule has 1 aliphatic rings. The molecule has 33 heavy (non-hydrogen) atoms. The zero-order valence-electron chi connectivity index (χ0n) is 17.1. The first-order valence-electron chi connectivity index (χ1n) is 9.84. The van der Waals surface area contributed by atoms with Crippen molar-refractivity contribution in [3.8, 4) is 11.1 Å². The van der Waals surface area contributed by atoms with Crippen molar-refractivity contribution in [3.63, 3.8) is 0 Å². The highest BCUT2D eigenvalue weighted by Crippen LogP contribution is 2.46. The maximum absolute atomic E-state index is 13.4. The van der Waals surface area contributed by atoms with E-state index in [-0.39, 0.29) is 17.0 Å². The molecule has 0 aliphatic carbocycles. The van der Waals surface area contributed by atoms with E-state index in [9.17, 15) is 27.5 Å². The summed E-state index contributed by atoms with van der Waals surface area (Å²) >= 11 is 1.88. The molecule has 1 aromatic heterocycles. The molecule has 0 radical (unpaired) electrons. The van der Waals surface area contributed by atoms with Crippen molar-refractivity contribution in [2.45, 2.75) is 30.0 Å². The van der Waals surface area contributed by atoms with Gasteiger partial charge in [0.15, 0.2) is 5.60 Å². The van der Waals surface area contributed by atoms with Crippen LogP contribution in [-0.4, -0.2) is 27.8 Å². The minimum Gasteiger partial charge on any atom is -0.423 e. The maximum atomic E-state index is 13.4. The Bertz CT molecular complexity index is 1320. The van der Waals surface area contributed by atoms with Gasteiger partial charge in [0, 0.05) is 21.3 Å². The Morgan fingerprint density at radius 2 is 1.88 bits per heavy atom. The predicted molar refractivity (Wildman–Crippen MR) is 123 cm³/mol. The van der Waals surface area contributed by atoms with Gasteiger partial charge in [-0.15, -0.1) is 0 Å². The summed E-state index contributed by atoms with van der Waals surface area (Å²) in [6.07, 6.45) is -4.04. The zero-order chi connectivity index (χ0) is 23.8. The summed E-state index contributed by atoms with van der Waals surface area (Å²) < 4.78 is 59.3. The molecule has 0 bridgehead atoms. The van der Waals surface area contributed by atoms with Crippen molar-refractivity contribution in [1.82, 2.24) is 0 Å². The second kappa shape index (κ2) is 9.00. The van der Waals surface area contributed by atoms with E-state index in [2.05, 4.69) is 4.99 Å². The number of alkyl halides is 3. The van der Waals surface area contributed by atoms with E-state index in [0.29, 0.717) is 25.8 Å². The zero-order valence-corrected chi connectivity index (χ0v) is 18.8. The fraction of sp³-hybridized carbons (Fsp3) is 0.217. The van der Waals surface area contributed by atoms with Crippen LogP contribution in [0.1, 0.15) is 13.3 Å². The molecule has 0 amide bonds. The molecule has 4 nitrogen and oxygen atoms in total. The van der Waals surface area contributed by atoms with Crippen molar-refractivity contribution in [1.29, 1.82) is 0 Å². The number of nitrogens with zero attached hydrogens (tertiary/aromatic N) is 1. The molecule has 0 spiro atoms. The summed E-state index contributed by atoms with van der Waals surface area (Å²) in [5, 5.41) is 10.9. The molecule has 1 N–H and O–H groups in total. The molecule has 3 aromatic rings. The van der Waals surface area contributed by atoms with E-state index in [4.69, 9.17) is 4.42 Å². The third-order valence-corrected chi connectivity index (χ3v) is 7.48. The summed E-state index contributed by atoms with van der Waals surface area (Å²) in [5.74, 6) is -0.399. The van der Waals surface area contributed by atoms with E-state index in [1.807, 2.05) is 0 Å². The standard InChI is InChI=1S/C23H17F4NO3S2/c1-2-22(30,23(25,26)27)19-9-10-28-21(33-19)32-15-7-8-16-17(12-20(29)31-18(16)11-15)13-3-5-14(24)6-4-13/h3-9,11-12,30H,2,10H2,1H3. The summed E-state index contributed by atoms with van der Waals surface area (Å²) in [7, 11) is 0. The Morgan fingerprint density at radius 3 is 2.55 bits per heavy atom. The van der Waals surface area contributed by atoms with Gasteiger partial charge in [-0.3, -0.25) is 4.99 Å². The number of fused-ring (bicyclic) bond motifs is 1. The number of thioether (sulfide) groups is 2. The third kappa shape index (κ3) is 4.73. The molecule has 4 rings (SSSR count). The smallest absolute Gasteiger partial charge is 0.421 e. The third-order valence-electron chi connectivity index (χ3n) is 5.16. The Hall–Kier alpha value is -2.56. The van der Waals surface area contributed by atoms with Gasteiger partial charge in [-0.2, -0.15) is 13.2 Å². The average Bonchev–Trinajstić information content (AvgIpc) is 2.77. The fourth-order valence-corrected chi connectivity index (χ4v) is 5.65. The van der Waals surface area contributed by atoms with Crippen LogP contribution >= 0.6 is 23.5 Å². The van der Waals surface area contributed by atoms with Gasteiger partial charge in [-0.1, -0.05) is 42.6 Å². The highest BCUT2D eigenvalue weighted by Gasteiger charge is 2.55. The van der Waals surface area contributed by atoms with Crippen LogP contribution in [-0.2, 0) is 0 Å². The minimum atomic E-state index is -4.81. The quantitative estimate of drug-likeness (QED) is 0.336. The number of halogens is 4. The molecular formula is C23H17F4NO3S2. The SMILES string of the molecule is CCC(O)(C1=CCN=C(Sc2ccc3c(-c4ccc(F)cc4)cc(=O)oc3c2)S1)C(F)(F)F. The van der Waals surface area contributed by atoms with Crippen molar-refractivity contribution in [2.24, 2.45) is 4.99 Å². The van der Waals surface area contributed by atoms with E-state index >= 15 is 0 Å². The normalized spacial score (nSPS) is 16.3.